The van der Waals surface area contributed by atoms with E-state index in [0.29, 0.717) is 13.1 Å². The molecule has 2 aliphatic heterocycles. The number of carbonyl (C=O) groups is 1. The Morgan fingerprint density at radius 2 is 1.50 bits per heavy atom. The van der Waals surface area contributed by atoms with Crippen molar-refractivity contribution < 1.29 is 14.3 Å². The van der Waals surface area contributed by atoms with Gasteiger partial charge < -0.3 is 23.8 Å². The number of carbonyl (C=O) groups excluding carboxylic acids is 1. The maximum atomic E-state index is 13.8. The first-order valence-electron chi connectivity index (χ1n) is 12.4. The Kier molecular flexibility index (Phi) is 5.64. The van der Waals surface area contributed by atoms with Crippen LogP contribution in [0.1, 0.15) is 21.6 Å². The van der Waals surface area contributed by atoms with E-state index in [0.717, 1.165) is 52.8 Å². The Hall–Kier alpha value is -4.19. The summed E-state index contributed by atoms with van der Waals surface area (Å²) in [5.41, 5.74) is 7.15. The molecule has 1 saturated heterocycles. The molecule has 0 N–H and O–H groups in total. The second-order valence-electron chi connectivity index (χ2n) is 9.33. The van der Waals surface area contributed by atoms with E-state index in [-0.39, 0.29) is 12.7 Å². The topological polar surface area (TPSA) is 46.9 Å². The van der Waals surface area contributed by atoms with Gasteiger partial charge in [0.2, 0.25) is 6.79 Å². The van der Waals surface area contributed by atoms with Crippen LogP contribution >= 0.6 is 0 Å². The molecule has 1 fully saturated rings. The van der Waals surface area contributed by atoms with Crippen molar-refractivity contribution in [1.82, 2.24) is 9.47 Å². The average molecular weight is 480 g/mol. The summed E-state index contributed by atoms with van der Waals surface area (Å²) in [5.74, 6) is 1.54. The fraction of sp³-hybridized carbons (Fsp3) is 0.233. The molecule has 1 aromatic heterocycles. The lowest BCUT2D eigenvalue weighted by Gasteiger charge is -2.36. The minimum atomic E-state index is 0.0774. The lowest BCUT2D eigenvalue weighted by atomic mass is 10.1. The van der Waals surface area contributed by atoms with Crippen LogP contribution in [0.25, 0.3) is 16.9 Å². The largest absolute Gasteiger partial charge is 0.454 e. The first kappa shape index (κ1) is 22.3. The lowest BCUT2D eigenvalue weighted by molar-refractivity contribution is 0.0746. The number of hydrogen-bond donors (Lipinski definition) is 0. The average Bonchev–Trinajstić information content (AvgIpc) is 3.53. The summed E-state index contributed by atoms with van der Waals surface area (Å²) in [6.45, 7) is 7.43. The van der Waals surface area contributed by atoms with Crippen LogP contribution < -0.4 is 14.4 Å². The third-order valence-corrected chi connectivity index (χ3v) is 7.18. The molecule has 0 atom stereocenters. The van der Waals surface area contributed by atoms with Crippen molar-refractivity contribution in [2.45, 2.75) is 13.8 Å². The zero-order chi connectivity index (χ0) is 24.6. The Balaban J connectivity index is 1.33. The first-order valence-corrected chi connectivity index (χ1v) is 12.4. The second kappa shape index (κ2) is 9.11. The van der Waals surface area contributed by atoms with Gasteiger partial charge in [0.1, 0.15) is 0 Å². The van der Waals surface area contributed by atoms with Gasteiger partial charge in [-0.05, 0) is 49.2 Å². The van der Waals surface area contributed by atoms with Crippen LogP contribution in [-0.2, 0) is 0 Å². The molecule has 6 nitrogen and oxygen atoms in total. The van der Waals surface area contributed by atoms with Crippen molar-refractivity contribution in [2.75, 3.05) is 37.9 Å². The quantitative estimate of drug-likeness (QED) is 0.390. The van der Waals surface area contributed by atoms with Crippen LogP contribution in [0.3, 0.4) is 0 Å². The molecule has 182 valence electrons. The van der Waals surface area contributed by atoms with E-state index in [1.54, 1.807) is 0 Å². The lowest BCUT2D eigenvalue weighted by Crippen LogP contribution is -2.49. The summed E-state index contributed by atoms with van der Waals surface area (Å²) in [6.07, 6.45) is 0. The number of nitrogens with zero attached hydrogens (tertiary/aromatic N) is 3. The summed E-state index contributed by atoms with van der Waals surface area (Å²) in [5, 5.41) is 0. The number of piperazine rings is 1. The summed E-state index contributed by atoms with van der Waals surface area (Å²) < 4.78 is 13.3. The van der Waals surface area contributed by atoms with Crippen molar-refractivity contribution in [3.63, 3.8) is 0 Å². The SMILES string of the molecule is Cc1ccccc1N1CCN(C(=O)c2cc(-c3ccccc3)n(-c3ccc4c(c3)OCO4)c2C)CC1. The molecule has 0 aliphatic carbocycles. The van der Waals surface area contributed by atoms with Gasteiger partial charge in [0.05, 0.1) is 11.3 Å². The summed E-state index contributed by atoms with van der Waals surface area (Å²) in [6, 6.07) is 26.6. The minimum Gasteiger partial charge on any atom is -0.454 e. The van der Waals surface area contributed by atoms with E-state index in [1.165, 1.54) is 11.3 Å². The van der Waals surface area contributed by atoms with Crippen LogP contribution in [0.5, 0.6) is 11.5 Å². The minimum absolute atomic E-state index is 0.0774. The van der Waals surface area contributed by atoms with Crippen LogP contribution in [-0.4, -0.2) is 48.3 Å². The summed E-state index contributed by atoms with van der Waals surface area (Å²) in [4.78, 5) is 18.2. The molecule has 36 heavy (non-hydrogen) atoms. The predicted molar refractivity (Wildman–Crippen MR) is 141 cm³/mol. The van der Waals surface area contributed by atoms with Gasteiger partial charge in [-0.1, -0.05) is 48.5 Å². The molecule has 0 radical (unpaired) electrons. The highest BCUT2D eigenvalue weighted by Crippen LogP contribution is 2.37. The maximum Gasteiger partial charge on any atom is 0.255 e. The zero-order valence-electron chi connectivity index (χ0n) is 20.6. The number of fused-ring (bicyclic) bond motifs is 1. The molecule has 6 rings (SSSR count). The van der Waals surface area contributed by atoms with Gasteiger partial charge in [-0.3, -0.25) is 4.79 Å². The number of rotatable bonds is 4. The zero-order valence-corrected chi connectivity index (χ0v) is 20.6. The van der Waals surface area contributed by atoms with Gasteiger partial charge in [0.25, 0.3) is 5.91 Å². The summed E-state index contributed by atoms with van der Waals surface area (Å²) in [7, 11) is 0. The van der Waals surface area contributed by atoms with Crippen LogP contribution in [0, 0.1) is 13.8 Å². The fourth-order valence-corrected chi connectivity index (χ4v) is 5.24. The number of benzene rings is 3. The number of aromatic nitrogens is 1. The highest BCUT2D eigenvalue weighted by Gasteiger charge is 2.27. The number of aryl methyl sites for hydroxylation is 1. The Morgan fingerprint density at radius 3 is 2.28 bits per heavy atom. The molecule has 4 aromatic rings. The first-order chi connectivity index (χ1) is 17.6. The molecule has 0 unspecified atom stereocenters. The van der Waals surface area contributed by atoms with Crippen molar-refractivity contribution in [1.29, 1.82) is 0 Å². The monoisotopic (exact) mass is 479 g/mol. The molecule has 6 heteroatoms. The standard InChI is InChI=1S/C30H29N3O3/c1-21-8-6-7-11-26(21)31-14-16-32(17-15-31)30(34)25-19-27(23-9-4-3-5-10-23)33(22(25)2)24-12-13-28-29(18-24)36-20-35-28/h3-13,18-19H,14-17,20H2,1-2H3. The van der Waals surface area contributed by atoms with E-state index >= 15 is 0 Å². The Bertz CT molecular complexity index is 1420. The van der Waals surface area contributed by atoms with Crippen molar-refractivity contribution in [2.24, 2.45) is 0 Å². The number of hydrogen-bond acceptors (Lipinski definition) is 4. The molecule has 3 heterocycles. The maximum absolute atomic E-state index is 13.8. The van der Waals surface area contributed by atoms with Gasteiger partial charge in [-0.15, -0.1) is 0 Å². The van der Waals surface area contributed by atoms with Gasteiger partial charge in [-0.2, -0.15) is 0 Å². The molecule has 0 bridgehead atoms. The van der Waals surface area contributed by atoms with Gasteiger partial charge >= 0.3 is 0 Å². The van der Waals surface area contributed by atoms with Gasteiger partial charge in [0.15, 0.2) is 11.5 Å². The van der Waals surface area contributed by atoms with E-state index in [1.807, 2.05) is 54.3 Å². The highest BCUT2D eigenvalue weighted by molar-refractivity contribution is 5.97. The number of para-hydroxylation sites is 1. The highest BCUT2D eigenvalue weighted by atomic mass is 16.7. The normalized spacial score (nSPS) is 14.8. The molecular formula is C30H29N3O3. The van der Waals surface area contributed by atoms with E-state index < -0.39 is 0 Å². The van der Waals surface area contributed by atoms with Crippen molar-refractivity contribution >= 4 is 11.6 Å². The Labute approximate surface area is 211 Å². The molecular weight excluding hydrogens is 450 g/mol. The van der Waals surface area contributed by atoms with Crippen LogP contribution in [0.2, 0.25) is 0 Å². The van der Waals surface area contributed by atoms with E-state index in [9.17, 15) is 4.79 Å². The third kappa shape index (κ3) is 3.88. The van der Waals surface area contributed by atoms with Gasteiger partial charge in [-0.25, -0.2) is 0 Å². The van der Waals surface area contributed by atoms with Crippen LogP contribution in [0.4, 0.5) is 5.69 Å². The molecule has 2 aliphatic rings. The predicted octanol–water partition coefficient (Wildman–Crippen LogP) is 5.45. The van der Waals surface area contributed by atoms with E-state index in [2.05, 4.69) is 52.8 Å². The molecule has 1 amide bonds. The van der Waals surface area contributed by atoms with Crippen molar-refractivity contribution in [3.8, 4) is 28.4 Å². The summed E-state index contributed by atoms with van der Waals surface area (Å²) >= 11 is 0. The second-order valence-corrected chi connectivity index (χ2v) is 9.33. The molecule has 0 saturated carbocycles. The molecule has 3 aromatic carbocycles. The van der Waals surface area contributed by atoms with E-state index in [4.69, 9.17) is 9.47 Å². The number of amides is 1. The molecule has 0 spiro atoms. The third-order valence-electron chi connectivity index (χ3n) is 7.18. The number of ether oxygens (including phenoxy) is 2. The smallest absolute Gasteiger partial charge is 0.255 e. The Morgan fingerprint density at radius 1 is 0.778 bits per heavy atom. The fourth-order valence-electron chi connectivity index (χ4n) is 5.24. The van der Waals surface area contributed by atoms with Crippen molar-refractivity contribution in [3.05, 3.63) is 95.7 Å². The van der Waals surface area contributed by atoms with Crippen LogP contribution in [0.15, 0.2) is 78.9 Å². The number of anilines is 1. The van der Waals surface area contributed by atoms with Gasteiger partial charge in [0, 0.05) is 49.3 Å².